The van der Waals surface area contributed by atoms with Gasteiger partial charge in [0.05, 0.1) is 67.6 Å². The van der Waals surface area contributed by atoms with Gasteiger partial charge in [0.2, 0.25) is 22.4 Å². The van der Waals surface area contributed by atoms with E-state index in [0.717, 1.165) is 57.1 Å². The van der Waals surface area contributed by atoms with Crippen molar-refractivity contribution in [3.63, 3.8) is 0 Å². The smallest absolute Gasteiger partial charge is 0.308 e. The van der Waals surface area contributed by atoms with Crippen LogP contribution in [-0.2, 0) is 68.4 Å². The number of amides is 6. The lowest BCUT2D eigenvalue weighted by molar-refractivity contribution is -0.342. The minimum atomic E-state index is -1.94. The molecule has 0 saturated carbocycles. The molecule has 13 rings (SSSR count). The third-order valence-electron chi connectivity index (χ3n) is 19.4. The summed E-state index contributed by atoms with van der Waals surface area (Å²) in [6.07, 6.45) is -16.7. The molecule has 3 saturated heterocycles. The highest BCUT2D eigenvalue weighted by Gasteiger charge is 2.51. The number of fused-ring (bicyclic) bond motifs is 13. The highest BCUT2D eigenvalue weighted by molar-refractivity contribution is 8.14. The van der Waals surface area contributed by atoms with Gasteiger partial charge in [-0.05, 0) is 64.8 Å². The molecular weight excluding hydrogens is 1620 g/mol. The molecule has 0 aliphatic carbocycles. The molecule has 18 atom stereocenters. The van der Waals surface area contributed by atoms with Crippen LogP contribution in [0.2, 0.25) is 0 Å². The number of nitrogens with two attached hydrogens (primary N) is 1. The second kappa shape index (κ2) is 35.7. The Morgan fingerprint density at radius 3 is 2.13 bits per heavy atom. The van der Waals surface area contributed by atoms with E-state index in [-0.39, 0.29) is 106 Å². The van der Waals surface area contributed by atoms with Crippen LogP contribution < -0.4 is 37.1 Å². The van der Waals surface area contributed by atoms with Crippen molar-refractivity contribution in [2.24, 2.45) is 5.73 Å². The predicted octanol–water partition coefficient (Wildman–Crippen LogP) is 4.48. The number of nitrogens with zero attached hydrogens (tertiary/aromatic N) is 6. The van der Waals surface area contributed by atoms with E-state index in [2.05, 4.69) is 53.1 Å². The van der Waals surface area contributed by atoms with Crippen LogP contribution in [-0.4, -0.2) is 239 Å². The number of benzene rings is 1. The van der Waals surface area contributed by atoms with Crippen molar-refractivity contribution in [1.29, 1.82) is 0 Å². The van der Waals surface area contributed by atoms with Crippen LogP contribution in [0.5, 0.6) is 10.8 Å². The standard InChI is InChI=1S/C72H79N13O24S6/c1-25(58(73)92)74-59(93)37-22-113-67(80-37)49-41(87)17-33-48(81-49)36-20-111-65(77-36)40-24-114-69(98)35-16-32-31(12-11-13-34(32)75-35)19-103-44(89)18-42(88)50(84-61(95)39-23-112-66(79-39)47(28(4)99-7)83-62(96)46(26(2)86)82-60(94)38-21-110-64(33)78-38)68-85-51(63(97)76-40)72(115-68)109-71-57(102-10)56(101-9)54(30(6)106-71)108-45-15-14-43(27(3)104-45)107-70-53(91)55(100-8)52(90)29(5)105-70/h11-13,16-17,20-23,26-27,29-30,40,42-43,45-46,50,52-57,70-71,75,86-88,90-91H,1,14-15,18-19,24H2,2-10H3,(H2,73,92)(H,74,93)(H,76,97)(H,82,94)(H,83,96)(H,84,95)/b47-28+. The Kier molecular flexibility index (Phi) is 26.0. The summed E-state index contributed by atoms with van der Waals surface area (Å²) < 4.78 is 67.6. The molecule has 6 amide bonds. The Bertz CT molecular complexity index is 5060. The number of hydrogen-bond donors (Lipinski definition) is 12. The number of methoxy groups -OCH3 is 4. The molecule has 612 valence electrons. The third kappa shape index (κ3) is 18.0. The molecule has 1 aromatic carbocycles. The van der Waals surface area contributed by atoms with Crippen LogP contribution in [0.15, 0.2) is 69.9 Å². The molecule has 7 aromatic heterocycles. The minimum absolute atomic E-state index is 0.0220. The Morgan fingerprint density at radius 1 is 0.713 bits per heavy atom. The number of aromatic nitrogens is 7. The first-order valence-electron chi connectivity index (χ1n) is 35.6. The van der Waals surface area contributed by atoms with Gasteiger partial charge < -0.3 is 115 Å². The van der Waals surface area contributed by atoms with E-state index < -0.39 is 180 Å². The fraction of sp³-hybridized carbons (Fsp3) is 0.444. The van der Waals surface area contributed by atoms with Gasteiger partial charge in [0.1, 0.15) is 132 Å². The van der Waals surface area contributed by atoms with Crippen LogP contribution in [0.25, 0.3) is 49.3 Å². The molecule has 8 aromatic rings. The lowest BCUT2D eigenvalue weighted by atomic mass is 9.98. The molecule has 18 unspecified atom stereocenters. The van der Waals surface area contributed by atoms with E-state index >= 15 is 4.79 Å². The number of cyclic esters (lactones) is 1. The van der Waals surface area contributed by atoms with Crippen LogP contribution in [0.3, 0.4) is 0 Å². The van der Waals surface area contributed by atoms with Crippen molar-refractivity contribution in [3.8, 4) is 43.5 Å². The first kappa shape index (κ1) is 83.7. The number of aliphatic hydroxyl groups excluding tert-OH is 4. The second-order valence-corrected chi connectivity index (χ2v) is 32.5. The Hall–Kier alpha value is -9.23. The number of H-pyrrole nitrogens is 1. The minimum Gasteiger partial charge on any atom is -0.506 e. The number of hydrogen-bond acceptors (Lipinski definition) is 36. The first-order chi connectivity index (χ1) is 55.0. The van der Waals surface area contributed by atoms with Gasteiger partial charge in [-0.15, -0.1) is 45.3 Å². The first-order valence-corrected chi connectivity index (χ1v) is 40.9. The van der Waals surface area contributed by atoms with Crippen molar-refractivity contribution < 1.29 is 116 Å². The number of carbonyl (C=O) groups is 8. The van der Waals surface area contributed by atoms with Crippen LogP contribution in [0.1, 0.15) is 139 Å². The number of aliphatic hydroxyl groups is 4. The summed E-state index contributed by atoms with van der Waals surface area (Å²) in [5, 5.41) is 75.6. The highest BCUT2D eigenvalue weighted by atomic mass is 32.2. The summed E-state index contributed by atoms with van der Waals surface area (Å²) in [6, 6.07) is 3.16. The van der Waals surface area contributed by atoms with Gasteiger partial charge in [0, 0.05) is 71.5 Å². The molecule has 5 aliphatic rings. The Balaban J connectivity index is 0.916. The van der Waals surface area contributed by atoms with E-state index in [1.807, 2.05) is 0 Å². The Labute approximate surface area is 678 Å². The number of thioether (sulfide) groups is 1. The molecular formula is C72H79N13O24S6. The molecule has 13 N–H and O–H groups in total. The van der Waals surface area contributed by atoms with E-state index in [1.165, 1.54) is 64.5 Å². The normalized spacial score (nSPS) is 28.0. The van der Waals surface area contributed by atoms with Gasteiger partial charge in [-0.25, -0.2) is 29.9 Å². The number of carbonyl (C=O) groups excluding carboxylic acids is 8. The molecule has 115 heavy (non-hydrogen) atoms. The van der Waals surface area contributed by atoms with Crippen molar-refractivity contribution in [2.75, 3.05) is 34.2 Å². The topological polar surface area (TPSA) is 519 Å². The van der Waals surface area contributed by atoms with Gasteiger partial charge in [0.25, 0.3) is 29.5 Å². The number of primary amides is 1. The summed E-state index contributed by atoms with van der Waals surface area (Å²) in [5.41, 5.74) is 4.40. The van der Waals surface area contributed by atoms with Gasteiger partial charge in [-0.1, -0.05) is 41.8 Å². The summed E-state index contributed by atoms with van der Waals surface area (Å²) in [6.45, 7) is 10.9. The summed E-state index contributed by atoms with van der Waals surface area (Å²) >= 11 is 5.04. The zero-order valence-corrected chi connectivity index (χ0v) is 67.4. The molecule has 12 bridgehead atoms. The molecule has 0 spiro atoms. The van der Waals surface area contributed by atoms with Crippen molar-refractivity contribution in [3.05, 3.63) is 119 Å². The number of aromatic hydroxyl groups is 1. The lowest BCUT2D eigenvalue weighted by Crippen LogP contribution is -2.61. The maximum Gasteiger partial charge on any atom is 0.308 e. The SMILES string of the molecule is C=C(NC(=O)c1csc(-c2nc3c(cc2O)-c2nc(cs2)C(=O)NC(C(C)O)C(=O)N/C(=C(\C)OC)c2nc(cs2)C(=O)NC2c4nc(c(OC5OC(C)C(OC6CCC(OC7OC(C)C(O)C(OC)C7O)C(C)O6)C(OC)C5OC)s4)C(=O)NC(CSC(=O)c4cc5c(cccc5[nH]4)COC(=O)CC2O)c2nc-3cs2)n1)C(N)=O. The van der Waals surface area contributed by atoms with Crippen LogP contribution >= 0.6 is 68.4 Å². The van der Waals surface area contributed by atoms with Crippen molar-refractivity contribution in [1.82, 2.24) is 61.5 Å². The molecule has 12 heterocycles. The number of thiazole rings is 5. The largest absolute Gasteiger partial charge is 0.506 e. The lowest BCUT2D eigenvalue weighted by Gasteiger charge is -2.46. The van der Waals surface area contributed by atoms with Crippen molar-refractivity contribution >= 4 is 132 Å². The molecule has 43 heteroatoms. The molecule has 37 nitrogen and oxygen atoms in total. The highest BCUT2D eigenvalue weighted by Crippen LogP contribution is 2.44. The number of esters is 1. The summed E-state index contributed by atoms with van der Waals surface area (Å²) in [7, 11) is 5.43. The number of pyridine rings is 1. The summed E-state index contributed by atoms with van der Waals surface area (Å²) in [4.78, 5) is 145. The number of rotatable bonds is 15. The fourth-order valence-electron chi connectivity index (χ4n) is 13.2. The molecule has 3 fully saturated rings. The zero-order chi connectivity index (χ0) is 82.1. The number of aromatic amines is 1. The second-order valence-electron chi connectivity index (χ2n) is 27.1. The van der Waals surface area contributed by atoms with Gasteiger partial charge >= 0.3 is 5.97 Å². The zero-order valence-electron chi connectivity index (χ0n) is 62.5. The van der Waals surface area contributed by atoms with E-state index in [4.69, 9.17) is 72.8 Å². The van der Waals surface area contributed by atoms with Crippen molar-refractivity contribution in [2.45, 2.75) is 171 Å². The maximum atomic E-state index is 15.9. The van der Waals surface area contributed by atoms with Gasteiger partial charge in [-0.3, -0.25) is 38.4 Å². The summed E-state index contributed by atoms with van der Waals surface area (Å²) in [5.74, 6) is -7.53. The number of allylic oxidation sites excluding steroid dienone is 1. The van der Waals surface area contributed by atoms with Gasteiger partial charge in [0.15, 0.2) is 18.3 Å². The van der Waals surface area contributed by atoms with Crippen LogP contribution in [0, 0.1) is 0 Å². The van der Waals surface area contributed by atoms with E-state index in [0.29, 0.717) is 34.2 Å². The van der Waals surface area contributed by atoms with E-state index in [1.54, 1.807) is 50.4 Å². The Morgan fingerprint density at radius 2 is 1.42 bits per heavy atom. The van der Waals surface area contributed by atoms with E-state index in [9.17, 15) is 59.1 Å². The van der Waals surface area contributed by atoms with Crippen LogP contribution in [0.4, 0.5) is 0 Å². The maximum absolute atomic E-state index is 15.9. The average molecular weight is 1700 g/mol. The third-order valence-corrected chi connectivity index (χ3v) is 24.9. The molecule has 0 radical (unpaired) electrons. The molecule has 5 aliphatic heterocycles. The predicted molar refractivity (Wildman–Crippen MR) is 413 cm³/mol. The quantitative estimate of drug-likeness (QED) is 0.0382. The average Bonchev–Trinajstić information content (AvgIpc) is 0.937. The fourth-order valence-corrected chi connectivity index (χ4v) is 18.5. The number of nitrogens with one attached hydrogen (secondary N) is 6. The number of ether oxygens (including phenoxy) is 11. The van der Waals surface area contributed by atoms with Gasteiger partial charge in [-0.2, -0.15) is 0 Å². The monoisotopic (exact) mass is 1700 g/mol.